The number of nitrogen functional groups attached to an aromatic ring is 1. The van der Waals surface area contributed by atoms with Crippen molar-refractivity contribution in [1.29, 1.82) is 0 Å². The summed E-state index contributed by atoms with van der Waals surface area (Å²) in [6.07, 6.45) is -0.464. The molecule has 0 bridgehead atoms. The van der Waals surface area contributed by atoms with Crippen LogP contribution in [0, 0.1) is 0 Å². The third-order valence-electron chi connectivity index (χ3n) is 2.99. The minimum atomic E-state index is -0.512. The molecule has 1 rings (SSSR count). The van der Waals surface area contributed by atoms with E-state index in [1.54, 1.807) is 45.0 Å². The Morgan fingerprint density at radius 3 is 2.00 bits per heavy atom. The van der Waals surface area contributed by atoms with Crippen LogP contribution in [0.2, 0.25) is 0 Å². The van der Waals surface area contributed by atoms with E-state index in [0.29, 0.717) is 50.8 Å². The van der Waals surface area contributed by atoms with E-state index in [9.17, 15) is 9.59 Å². The molecule has 0 atom stereocenters. The van der Waals surface area contributed by atoms with Crippen molar-refractivity contribution in [2.24, 2.45) is 0 Å². The molecule has 26 heavy (non-hydrogen) atoms. The van der Waals surface area contributed by atoms with Crippen LogP contribution < -0.4 is 16.4 Å². The van der Waals surface area contributed by atoms with E-state index in [1.807, 2.05) is 0 Å². The number of ether oxygens (including phenoxy) is 3. The van der Waals surface area contributed by atoms with Gasteiger partial charge in [0.05, 0.1) is 26.4 Å². The lowest BCUT2D eigenvalue weighted by Crippen LogP contribution is -2.34. The van der Waals surface area contributed by atoms with Crippen LogP contribution in [0.5, 0.6) is 0 Å². The molecule has 0 fully saturated rings. The number of hydrogen-bond acceptors (Lipinski definition) is 6. The predicted octanol–water partition coefficient (Wildman–Crippen LogP) is 1.56. The van der Waals surface area contributed by atoms with Gasteiger partial charge >= 0.3 is 6.09 Å². The van der Waals surface area contributed by atoms with Crippen molar-refractivity contribution < 1.29 is 23.8 Å². The van der Waals surface area contributed by atoms with Gasteiger partial charge in [-0.15, -0.1) is 0 Å². The molecule has 0 heterocycles. The van der Waals surface area contributed by atoms with Gasteiger partial charge in [-0.1, -0.05) is 0 Å². The maximum absolute atomic E-state index is 11.8. The molecule has 0 saturated heterocycles. The molecule has 8 heteroatoms. The fraction of sp³-hybridized carbons (Fsp3) is 0.556. The summed E-state index contributed by atoms with van der Waals surface area (Å²) in [4.78, 5) is 23.2. The molecule has 146 valence electrons. The number of carbonyl (C=O) groups is 2. The van der Waals surface area contributed by atoms with E-state index in [-0.39, 0.29) is 5.91 Å². The summed E-state index contributed by atoms with van der Waals surface area (Å²) in [5.74, 6) is -0.168. The van der Waals surface area contributed by atoms with E-state index in [1.165, 1.54) is 0 Å². The Kier molecular flexibility index (Phi) is 9.46. The molecule has 0 aliphatic heterocycles. The van der Waals surface area contributed by atoms with Crippen LogP contribution in [0.1, 0.15) is 31.1 Å². The smallest absolute Gasteiger partial charge is 0.407 e. The van der Waals surface area contributed by atoms with Gasteiger partial charge in [-0.2, -0.15) is 0 Å². The third kappa shape index (κ3) is 10.5. The van der Waals surface area contributed by atoms with Crippen LogP contribution in [0.3, 0.4) is 0 Å². The van der Waals surface area contributed by atoms with Gasteiger partial charge < -0.3 is 30.6 Å². The summed E-state index contributed by atoms with van der Waals surface area (Å²) in [5.41, 5.74) is 6.23. The molecule has 2 amide bonds. The highest BCUT2D eigenvalue weighted by Crippen LogP contribution is 2.06. The normalized spacial score (nSPS) is 11.0. The van der Waals surface area contributed by atoms with Gasteiger partial charge in [0.1, 0.15) is 5.60 Å². The van der Waals surface area contributed by atoms with E-state index < -0.39 is 11.7 Å². The first-order chi connectivity index (χ1) is 12.3. The second-order valence-electron chi connectivity index (χ2n) is 6.53. The molecule has 0 aliphatic carbocycles. The minimum absolute atomic E-state index is 0.168. The number of amides is 2. The highest BCUT2D eigenvalue weighted by Gasteiger charge is 2.15. The van der Waals surface area contributed by atoms with Crippen molar-refractivity contribution in [3.63, 3.8) is 0 Å². The molecule has 0 aromatic heterocycles. The van der Waals surface area contributed by atoms with E-state index in [0.717, 1.165) is 0 Å². The number of carbonyl (C=O) groups excluding carboxylic acids is 2. The van der Waals surface area contributed by atoms with Crippen molar-refractivity contribution in [3.8, 4) is 0 Å². The number of rotatable bonds is 10. The predicted molar refractivity (Wildman–Crippen MR) is 99.1 cm³/mol. The molecular formula is C18H29N3O5. The quantitative estimate of drug-likeness (QED) is 0.427. The highest BCUT2D eigenvalue weighted by molar-refractivity contribution is 5.94. The molecule has 1 aromatic rings. The van der Waals surface area contributed by atoms with E-state index >= 15 is 0 Å². The molecular weight excluding hydrogens is 338 g/mol. The Bertz CT molecular complexity index is 555. The Morgan fingerprint density at radius 1 is 0.923 bits per heavy atom. The van der Waals surface area contributed by atoms with Gasteiger partial charge in [0, 0.05) is 24.3 Å². The highest BCUT2D eigenvalue weighted by atomic mass is 16.6. The monoisotopic (exact) mass is 367 g/mol. The molecule has 0 aliphatic rings. The first-order valence-electron chi connectivity index (χ1n) is 8.54. The van der Waals surface area contributed by atoms with E-state index in [4.69, 9.17) is 19.9 Å². The van der Waals surface area contributed by atoms with Crippen molar-refractivity contribution in [2.45, 2.75) is 26.4 Å². The van der Waals surface area contributed by atoms with Gasteiger partial charge in [0.25, 0.3) is 5.91 Å². The Morgan fingerprint density at radius 2 is 1.46 bits per heavy atom. The zero-order valence-corrected chi connectivity index (χ0v) is 15.7. The summed E-state index contributed by atoms with van der Waals surface area (Å²) in [6.45, 7) is 7.76. The molecule has 0 radical (unpaired) electrons. The molecule has 4 N–H and O–H groups in total. The van der Waals surface area contributed by atoms with Gasteiger partial charge in [-0.3, -0.25) is 4.79 Å². The molecule has 0 unspecified atom stereocenters. The largest absolute Gasteiger partial charge is 0.444 e. The zero-order chi connectivity index (χ0) is 19.4. The number of nitrogens with two attached hydrogens (primary N) is 1. The maximum Gasteiger partial charge on any atom is 0.407 e. The van der Waals surface area contributed by atoms with Crippen LogP contribution in [0.4, 0.5) is 10.5 Å². The van der Waals surface area contributed by atoms with Gasteiger partial charge in [-0.05, 0) is 45.0 Å². The molecule has 0 spiro atoms. The lowest BCUT2D eigenvalue weighted by Gasteiger charge is -2.19. The standard InChI is InChI=1S/C18H29N3O5/c1-18(2,3)26-17(23)21-9-11-25-13-12-24-10-8-20-16(22)14-4-6-15(19)7-5-14/h4-7H,8-13,19H2,1-3H3,(H,20,22)(H,21,23). The van der Waals surface area contributed by atoms with Crippen LogP contribution in [0.15, 0.2) is 24.3 Å². The van der Waals surface area contributed by atoms with Crippen LogP contribution in [-0.4, -0.2) is 57.1 Å². The maximum atomic E-state index is 11.8. The number of benzene rings is 1. The summed E-state index contributed by atoms with van der Waals surface area (Å²) < 4.78 is 15.8. The van der Waals surface area contributed by atoms with Crippen LogP contribution in [0.25, 0.3) is 0 Å². The van der Waals surface area contributed by atoms with Gasteiger partial charge in [-0.25, -0.2) is 4.79 Å². The summed E-state index contributed by atoms with van der Waals surface area (Å²) >= 11 is 0. The second-order valence-corrected chi connectivity index (χ2v) is 6.53. The van der Waals surface area contributed by atoms with Crippen molar-refractivity contribution >= 4 is 17.7 Å². The van der Waals surface area contributed by atoms with E-state index in [2.05, 4.69) is 10.6 Å². The first-order valence-corrected chi connectivity index (χ1v) is 8.54. The number of anilines is 1. The Labute approximate surface area is 154 Å². The SMILES string of the molecule is CC(C)(C)OC(=O)NCCOCCOCCNC(=O)c1ccc(N)cc1. The zero-order valence-electron chi connectivity index (χ0n) is 15.7. The minimum Gasteiger partial charge on any atom is -0.444 e. The first kappa shape index (κ1) is 21.7. The fourth-order valence-electron chi connectivity index (χ4n) is 1.83. The fourth-order valence-corrected chi connectivity index (χ4v) is 1.83. The lowest BCUT2D eigenvalue weighted by atomic mass is 10.2. The second kappa shape index (κ2) is 11.3. The molecule has 0 saturated carbocycles. The number of alkyl carbamates (subject to hydrolysis) is 1. The van der Waals surface area contributed by atoms with Crippen molar-refractivity contribution in [3.05, 3.63) is 29.8 Å². The number of hydrogen-bond donors (Lipinski definition) is 3. The van der Waals surface area contributed by atoms with Gasteiger partial charge in [0.2, 0.25) is 0 Å². The molecule has 1 aromatic carbocycles. The average Bonchev–Trinajstić information content (AvgIpc) is 2.55. The lowest BCUT2D eigenvalue weighted by molar-refractivity contribution is 0.0400. The Hall–Kier alpha value is -2.32. The number of nitrogens with one attached hydrogen (secondary N) is 2. The van der Waals surface area contributed by atoms with Crippen molar-refractivity contribution in [2.75, 3.05) is 45.3 Å². The average molecular weight is 367 g/mol. The van der Waals surface area contributed by atoms with Crippen LogP contribution >= 0.6 is 0 Å². The third-order valence-corrected chi connectivity index (χ3v) is 2.99. The van der Waals surface area contributed by atoms with Crippen LogP contribution in [-0.2, 0) is 14.2 Å². The summed E-state index contributed by atoms with van der Waals surface area (Å²) in [5, 5.41) is 5.35. The topological polar surface area (TPSA) is 112 Å². The Balaban J connectivity index is 1.94. The summed E-state index contributed by atoms with van der Waals surface area (Å²) in [7, 11) is 0. The van der Waals surface area contributed by atoms with Gasteiger partial charge in [0.15, 0.2) is 0 Å². The van der Waals surface area contributed by atoms with Crippen molar-refractivity contribution in [1.82, 2.24) is 10.6 Å². The molecule has 8 nitrogen and oxygen atoms in total. The summed E-state index contributed by atoms with van der Waals surface area (Å²) in [6, 6.07) is 6.70.